The average Bonchev–Trinajstić information content (AvgIpc) is 2.52. The summed E-state index contributed by atoms with van der Waals surface area (Å²) in [4.78, 5) is 4.92. The molecule has 0 saturated carbocycles. The van der Waals surface area contributed by atoms with E-state index in [-0.39, 0.29) is 0 Å². The van der Waals surface area contributed by atoms with Crippen LogP contribution in [0.25, 0.3) is 0 Å². The van der Waals surface area contributed by atoms with Gasteiger partial charge in [-0.1, -0.05) is 38.3 Å². The zero-order chi connectivity index (χ0) is 15.1. The first kappa shape index (κ1) is 16.4. The Kier molecular flexibility index (Phi) is 6.56. The van der Waals surface area contributed by atoms with E-state index in [9.17, 15) is 0 Å². The first-order valence-electron chi connectivity index (χ1n) is 8.71. The van der Waals surface area contributed by atoms with Crippen LogP contribution in [0, 0.1) is 0 Å². The zero-order valence-electron chi connectivity index (χ0n) is 14.1. The number of unbranched alkanes of at least 4 members (excludes halogenated alkanes) is 1. The third-order valence-electron chi connectivity index (χ3n) is 4.72. The van der Waals surface area contributed by atoms with Gasteiger partial charge in [-0.3, -0.25) is 0 Å². The maximum atomic E-state index is 2.75. The summed E-state index contributed by atoms with van der Waals surface area (Å²) in [5.74, 6) is 0. The van der Waals surface area contributed by atoms with Crippen molar-refractivity contribution in [3.63, 3.8) is 0 Å². The van der Waals surface area contributed by atoms with Crippen molar-refractivity contribution in [3.05, 3.63) is 29.8 Å². The molecule has 1 fully saturated rings. The van der Waals surface area contributed by atoms with Crippen LogP contribution in [0.3, 0.4) is 0 Å². The van der Waals surface area contributed by atoms with Crippen molar-refractivity contribution in [2.24, 2.45) is 0 Å². The third kappa shape index (κ3) is 5.03. The molecular formula is C19H32N2. The van der Waals surface area contributed by atoms with E-state index < -0.39 is 0 Å². The summed E-state index contributed by atoms with van der Waals surface area (Å²) >= 11 is 0. The predicted octanol–water partition coefficient (Wildman–Crippen LogP) is 4.34. The lowest BCUT2D eigenvalue weighted by Crippen LogP contribution is -2.40. The molecule has 0 N–H and O–H groups in total. The molecule has 1 saturated heterocycles. The molecule has 0 radical (unpaired) electrons. The minimum atomic E-state index is 0.746. The Morgan fingerprint density at radius 1 is 1.05 bits per heavy atom. The highest BCUT2D eigenvalue weighted by atomic mass is 15.2. The fourth-order valence-corrected chi connectivity index (χ4v) is 3.34. The molecule has 1 atom stereocenters. The van der Waals surface area contributed by atoms with Crippen LogP contribution in [-0.2, 0) is 6.42 Å². The van der Waals surface area contributed by atoms with Gasteiger partial charge in [-0.25, -0.2) is 0 Å². The minimum absolute atomic E-state index is 0.746. The van der Waals surface area contributed by atoms with Crippen LogP contribution in [0.4, 0.5) is 5.69 Å². The molecule has 1 unspecified atom stereocenters. The molecule has 0 aliphatic carbocycles. The van der Waals surface area contributed by atoms with Gasteiger partial charge in [0.15, 0.2) is 0 Å². The van der Waals surface area contributed by atoms with Crippen molar-refractivity contribution in [1.29, 1.82) is 0 Å². The van der Waals surface area contributed by atoms with Crippen LogP contribution in [0.2, 0.25) is 0 Å². The van der Waals surface area contributed by atoms with E-state index in [2.05, 4.69) is 55.1 Å². The second-order valence-corrected chi connectivity index (χ2v) is 6.66. The van der Waals surface area contributed by atoms with Crippen molar-refractivity contribution in [3.8, 4) is 0 Å². The number of nitrogens with zero attached hydrogens (tertiary/aromatic N) is 2. The Bertz CT molecular complexity index is 391. The fraction of sp³-hybridized carbons (Fsp3) is 0.684. The molecule has 0 spiro atoms. The standard InChI is InChI=1S/C19H32N2/c1-4-5-9-19(21-14-7-6-8-15-21)16-17-10-12-18(13-11-17)20(2)3/h10-13,19H,4-9,14-16H2,1-3H3. The Hall–Kier alpha value is -1.02. The van der Waals surface area contributed by atoms with Crippen LogP contribution < -0.4 is 4.90 Å². The second-order valence-electron chi connectivity index (χ2n) is 6.66. The van der Waals surface area contributed by atoms with Gasteiger partial charge in [0.25, 0.3) is 0 Å². The van der Waals surface area contributed by atoms with E-state index in [0.717, 1.165) is 6.04 Å². The van der Waals surface area contributed by atoms with Gasteiger partial charge in [0, 0.05) is 25.8 Å². The maximum absolute atomic E-state index is 2.75. The van der Waals surface area contributed by atoms with E-state index in [0.29, 0.717) is 0 Å². The van der Waals surface area contributed by atoms with Crippen molar-refractivity contribution in [2.75, 3.05) is 32.1 Å². The van der Waals surface area contributed by atoms with Crippen LogP contribution in [0.1, 0.15) is 51.0 Å². The Morgan fingerprint density at radius 2 is 1.71 bits per heavy atom. The van der Waals surface area contributed by atoms with Crippen molar-refractivity contribution < 1.29 is 0 Å². The molecule has 2 nitrogen and oxygen atoms in total. The minimum Gasteiger partial charge on any atom is -0.378 e. The van der Waals surface area contributed by atoms with Gasteiger partial charge in [0.05, 0.1) is 0 Å². The van der Waals surface area contributed by atoms with Gasteiger partial charge >= 0.3 is 0 Å². The van der Waals surface area contributed by atoms with Crippen molar-refractivity contribution >= 4 is 5.69 Å². The largest absolute Gasteiger partial charge is 0.378 e. The van der Waals surface area contributed by atoms with Gasteiger partial charge in [-0.15, -0.1) is 0 Å². The summed E-state index contributed by atoms with van der Waals surface area (Å²) in [6.07, 6.45) is 9.44. The van der Waals surface area contributed by atoms with Gasteiger partial charge in [-0.2, -0.15) is 0 Å². The number of piperidine rings is 1. The molecular weight excluding hydrogens is 256 g/mol. The normalized spacial score (nSPS) is 17.7. The lowest BCUT2D eigenvalue weighted by atomic mass is 9.97. The lowest BCUT2D eigenvalue weighted by Gasteiger charge is -2.35. The highest BCUT2D eigenvalue weighted by molar-refractivity contribution is 5.46. The summed E-state index contributed by atoms with van der Waals surface area (Å²) in [5, 5.41) is 0. The first-order chi connectivity index (χ1) is 10.2. The quantitative estimate of drug-likeness (QED) is 0.736. The summed E-state index contributed by atoms with van der Waals surface area (Å²) < 4.78 is 0. The van der Waals surface area contributed by atoms with E-state index in [1.54, 1.807) is 0 Å². The second kappa shape index (κ2) is 8.43. The van der Waals surface area contributed by atoms with E-state index in [1.165, 1.54) is 69.3 Å². The molecule has 21 heavy (non-hydrogen) atoms. The molecule has 0 aromatic heterocycles. The van der Waals surface area contributed by atoms with Crippen LogP contribution in [-0.4, -0.2) is 38.1 Å². The summed E-state index contributed by atoms with van der Waals surface area (Å²) in [6, 6.07) is 9.89. The number of hydrogen-bond acceptors (Lipinski definition) is 2. The maximum Gasteiger partial charge on any atom is 0.0361 e. The molecule has 1 heterocycles. The number of hydrogen-bond donors (Lipinski definition) is 0. The summed E-state index contributed by atoms with van der Waals surface area (Å²) in [7, 11) is 4.21. The smallest absolute Gasteiger partial charge is 0.0361 e. The fourth-order valence-electron chi connectivity index (χ4n) is 3.34. The average molecular weight is 288 g/mol. The van der Waals surface area contributed by atoms with Gasteiger partial charge in [-0.05, 0) is 56.5 Å². The van der Waals surface area contributed by atoms with Crippen LogP contribution in [0.5, 0.6) is 0 Å². The zero-order valence-corrected chi connectivity index (χ0v) is 14.1. The summed E-state index contributed by atoms with van der Waals surface area (Å²) in [6.45, 7) is 4.92. The molecule has 1 aliphatic heterocycles. The van der Waals surface area contributed by atoms with Crippen LogP contribution in [0.15, 0.2) is 24.3 Å². The molecule has 2 heteroatoms. The van der Waals surface area contributed by atoms with Gasteiger partial charge < -0.3 is 9.80 Å². The Balaban J connectivity index is 1.99. The number of rotatable bonds is 7. The van der Waals surface area contributed by atoms with Gasteiger partial charge in [0.1, 0.15) is 0 Å². The molecule has 1 aromatic rings. The van der Waals surface area contributed by atoms with E-state index in [1.807, 2.05) is 0 Å². The molecule has 2 rings (SSSR count). The predicted molar refractivity (Wildman–Crippen MR) is 93.2 cm³/mol. The topological polar surface area (TPSA) is 6.48 Å². The third-order valence-corrected chi connectivity index (χ3v) is 4.72. The number of anilines is 1. The number of benzene rings is 1. The highest BCUT2D eigenvalue weighted by Gasteiger charge is 2.20. The summed E-state index contributed by atoms with van der Waals surface area (Å²) in [5.41, 5.74) is 2.79. The number of likely N-dealkylation sites (tertiary alicyclic amines) is 1. The first-order valence-corrected chi connectivity index (χ1v) is 8.71. The Labute approximate surface area is 131 Å². The van der Waals surface area contributed by atoms with Crippen LogP contribution >= 0.6 is 0 Å². The van der Waals surface area contributed by atoms with Crippen molar-refractivity contribution in [2.45, 2.75) is 57.9 Å². The molecule has 0 amide bonds. The Morgan fingerprint density at radius 3 is 2.29 bits per heavy atom. The molecule has 118 valence electrons. The SMILES string of the molecule is CCCCC(Cc1ccc(N(C)C)cc1)N1CCCCC1. The molecule has 1 aromatic carbocycles. The lowest BCUT2D eigenvalue weighted by molar-refractivity contribution is 0.152. The monoisotopic (exact) mass is 288 g/mol. The molecule has 0 bridgehead atoms. The van der Waals surface area contributed by atoms with E-state index in [4.69, 9.17) is 0 Å². The van der Waals surface area contributed by atoms with E-state index >= 15 is 0 Å². The highest BCUT2D eigenvalue weighted by Crippen LogP contribution is 2.21. The van der Waals surface area contributed by atoms with Crippen molar-refractivity contribution in [1.82, 2.24) is 4.90 Å². The van der Waals surface area contributed by atoms with Gasteiger partial charge in [0.2, 0.25) is 0 Å². The molecule has 1 aliphatic rings.